The van der Waals surface area contributed by atoms with E-state index in [2.05, 4.69) is 23.1 Å². The van der Waals surface area contributed by atoms with E-state index in [9.17, 15) is 4.79 Å². The van der Waals surface area contributed by atoms with Crippen molar-refractivity contribution in [2.45, 2.75) is 0 Å². The molecular weight excluding hydrogens is 152 g/mol. The molecule has 12 heavy (non-hydrogen) atoms. The van der Waals surface area contributed by atoms with Crippen molar-refractivity contribution in [3.05, 3.63) is 30.1 Å². The Morgan fingerprint density at radius 3 is 2.67 bits per heavy atom. The van der Waals surface area contributed by atoms with Gasteiger partial charge in [0.05, 0.1) is 5.56 Å². The van der Waals surface area contributed by atoms with Crippen molar-refractivity contribution in [3.8, 4) is 12.8 Å². The molecule has 0 radical (unpaired) electrons. The topological polar surface area (TPSA) is 42.0 Å². The van der Waals surface area contributed by atoms with Crippen LogP contribution in [0.2, 0.25) is 0 Å². The zero-order chi connectivity index (χ0) is 9.40. The number of carbonyl (C=O) groups is 1. The Morgan fingerprint density at radius 2 is 2.25 bits per heavy atom. The lowest BCUT2D eigenvalue weighted by molar-refractivity contribution is 0.0963. The standard InChI is InChI=1S/C7H8N2O.C2H2/c1-8-7(10)6-3-2-4-9-5-6;1-2/h2-5H,1H3,(H,8,10);1-2H. The molecule has 0 aromatic carbocycles. The Morgan fingerprint density at radius 1 is 1.58 bits per heavy atom. The summed E-state index contributed by atoms with van der Waals surface area (Å²) in [5.41, 5.74) is 0.588. The van der Waals surface area contributed by atoms with Gasteiger partial charge in [-0.2, -0.15) is 0 Å². The fraction of sp³-hybridized carbons (Fsp3) is 0.111. The highest BCUT2D eigenvalue weighted by atomic mass is 16.1. The molecule has 3 nitrogen and oxygen atoms in total. The molecule has 0 spiro atoms. The average Bonchev–Trinajstić information content (AvgIpc) is 2.21. The molecule has 62 valence electrons. The maximum atomic E-state index is 10.9. The molecule has 0 atom stereocenters. The molecule has 0 saturated carbocycles. The number of rotatable bonds is 1. The van der Waals surface area contributed by atoms with Crippen LogP contribution in [-0.2, 0) is 0 Å². The maximum absolute atomic E-state index is 10.9. The Balaban J connectivity index is 0.000000561. The molecule has 1 aromatic rings. The third-order valence-corrected chi connectivity index (χ3v) is 1.15. The molecule has 1 aromatic heterocycles. The highest BCUT2D eigenvalue weighted by Crippen LogP contribution is 1.93. The van der Waals surface area contributed by atoms with E-state index in [1.807, 2.05) is 0 Å². The molecule has 1 heterocycles. The van der Waals surface area contributed by atoms with Crippen LogP contribution in [0.1, 0.15) is 10.4 Å². The highest BCUT2D eigenvalue weighted by molar-refractivity contribution is 5.93. The van der Waals surface area contributed by atoms with E-state index < -0.39 is 0 Å². The minimum absolute atomic E-state index is 0.104. The van der Waals surface area contributed by atoms with Gasteiger partial charge in [0, 0.05) is 19.4 Å². The SMILES string of the molecule is C#C.CNC(=O)c1cccnc1. The Bertz CT molecular complexity index is 254. The minimum Gasteiger partial charge on any atom is -0.355 e. The Hall–Kier alpha value is -1.82. The predicted molar refractivity (Wildman–Crippen MR) is 47.5 cm³/mol. The zero-order valence-electron chi connectivity index (χ0n) is 6.82. The molecule has 0 bridgehead atoms. The van der Waals surface area contributed by atoms with E-state index in [4.69, 9.17) is 0 Å². The van der Waals surface area contributed by atoms with Gasteiger partial charge in [-0.05, 0) is 12.1 Å². The van der Waals surface area contributed by atoms with Crippen LogP contribution in [0, 0.1) is 12.8 Å². The van der Waals surface area contributed by atoms with Gasteiger partial charge in [-0.15, -0.1) is 12.8 Å². The molecular formula is C9H10N2O. The van der Waals surface area contributed by atoms with Crippen molar-refractivity contribution in [2.24, 2.45) is 0 Å². The van der Waals surface area contributed by atoms with E-state index in [0.29, 0.717) is 5.56 Å². The van der Waals surface area contributed by atoms with Crippen molar-refractivity contribution in [1.82, 2.24) is 10.3 Å². The first-order valence-corrected chi connectivity index (χ1v) is 3.30. The fourth-order valence-electron chi connectivity index (χ4n) is 0.641. The smallest absolute Gasteiger partial charge is 0.252 e. The molecule has 0 aliphatic carbocycles. The first-order valence-electron chi connectivity index (χ1n) is 3.30. The van der Waals surface area contributed by atoms with E-state index in [0.717, 1.165) is 0 Å². The van der Waals surface area contributed by atoms with Gasteiger partial charge in [0.2, 0.25) is 0 Å². The number of hydrogen-bond donors (Lipinski definition) is 1. The van der Waals surface area contributed by atoms with Crippen molar-refractivity contribution in [1.29, 1.82) is 0 Å². The summed E-state index contributed by atoms with van der Waals surface area (Å²) in [6.07, 6.45) is 11.2. The van der Waals surface area contributed by atoms with Gasteiger partial charge in [-0.3, -0.25) is 9.78 Å². The van der Waals surface area contributed by atoms with E-state index in [-0.39, 0.29) is 5.91 Å². The molecule has 1 N–H and O–H groups in total. The summed E-state index contributed by atoms with van der Waals surface area (Å²) in [6, 6.07) is 3.44. The molecule has 0 saturated heterocycles. The number of terminal acetylenes is 1. The second kappa shape index (κ2) is 5.93. The highest BCUT2D eigenvalue weighted by Gasteiger charge is 1.98. The Labute approximate surface area is 71.8 Å². The second-order valence-corrected chi connectivity index (χ2v) is 1.82. The van der Waals surface area contributed by atoms with Crippen LogP contribution in [0.4, 0.5) is 0 Å². The number of amides is 1. The van der Waals surface area contributed by atoms with Crippen molar-refractivity contribution in [2.75, 3.05) is 7.05 Å². The molecule has 1 rings (SSSR count). The van der Waals surface area contributed by atoms with Gasteiger partial charge in [0.1, 0.15) is 0 Å². The summed E-state index contributed by atoms with van der Waals surface area (Å²) in [5.74, 6) is -0.104. The molecule has 1 amide bonds. The van der Waals surface area contributed by atoms with Crippen LogP contribution in [0.25, 0.3) is 0 Å². The van der Waals surface area contributed by atoms with Crippen LogP contribution < -0.4 is 5.32 Å². The van der Waals surface area contributed by atoms with Gasteiger partial charge in [0.25, 0.3) is 5.91 Å². The summed E-state index contributed by atoms with van der Waals surface area (Å²) < 4.78 is 0. The third-order valence-electron chi connectivity index (χ3n) is 1.15. The second-order valence-electron chi connectivity index (χ2n) is 1.82. The number of pyridine rings is 1. The van der Waals surface area contributed by atoms with Gasteiger partial charge in [-0.25, -0.2) is 0 Å². The molecule has 0 aliphatic rings. The summed E-state index contributed by atoms with van der Waals surface area (Å²) in [6.45, 7) is 0. The predicted octanol–water partition coefficient (Wildman–Crippen LogP) is 0.691. The minimum atomic E-state index is -0.104. The lowest BCUT2D eigenvalue weighted by Crippen LogP contribution is -2.17. The first kappa shape index (κ1) is 10.2. The summed E-state index contributed by atoms with van der Waals surface area (Å²) in [5, 5.41) is 2.50. The van der Waals surface area contributed by atoms with Gasteiger partial charge in [0.15, 0.2) is 0 Å². The largest absolute Gasteiger partial charge is 0.355 e. The van der Waals surface area contributed by atoms with Crippen LogP contribution in [0.5, 0.6) is 0 Å². The molecule has 0 unspecified atom stereocenters. The number of aromatic nitrogens is 1. The number of hydrogen-bond acceptors (Lipinski definition) is 2. The van der Waals surface area contributed by atoms with Crippen molar-refractivity contribution in [3.63, 3.8) is 0 Å². The summed E-state index contributed by atoms with van der Waals surface area (Å²) in [4.78, 5) is 14.7. The number of nitrogens with one attached hydrogen (secondary N) is 1. The van der Waals surface area contributed by atoms with Crippen LogP contribution >= 0.6 is 0 Å². The van der Waals surface area contributed by atoms with E-state index in [1.165, 1.54) is 6.20 Å². The van der Waals surface area contributed by atoms with E-state index in [1.54, 1.807) is 25.4 Å². The molecule has 3 heteroatoms. The van der Waals surface area contributed by atoms with Crippen molar-refractivity contribution < 1.29 is 4.79 Å². The van der Waals surface area contributed by atoms with Crippen molar-refractivity contribution >= 4 is 5.91 Å². The van der Waals surface area contributed by atoms with Gasteiger partial charge >= 0.3 is 0 Å². The normalized spacial score (nSPS) is 7.58. The number of nitrogens with zero attached hydrogens (tertiary/aromatic N) is 1. The average molecular weight is 162 g/mol. The van der Waals surface area contributed by atoms with Crippen LogP contribution in [0.15, 0.2) is 24.5 Å². The summed E-state index contributed by atoms with van der Waals surface area (Å²) in [7, 11) is 1.59. The molecule has 0 aliphatic heterocycles. The lowest BCUT2D eigenvalue weighted by Gasteiger charge is -1.95. The van der Waals surface area contributed by atoms with Gasteiger partial charge in [-0.1, -0.05) is 0 Å². The number of carbonyl (C=O) groups excluding carboxylic acids is 1. The fourth-order valence-corrected chi connectivity index (χ4v) is 0.641. The maximum Gasteiger partial charge on any atom is 0.252 e. The van der Waals surface area contributed by atoms with Crippen LogP contribution in [-0.4, -0.2) is 17.9 Å². The lowest BCUT2D eigenvalue weighted by atomic mass is 10.3. The third kappa shape index (κ3) is 2.84. The quantitative estimate of drug-likeness (QED) is 0.617. The van der Waals surface area contributed by atoms with Crippen LogP contribution in [0.3, 0.4) is 0 Å². The zero-order valence-corrected chi connectivity index (χ0v) is 6.82. The van der Waals surface area contributed by atoms with E-state index >= 15 is 0 Å². The van der Waals surface area contributed by atoms with Gasteiger partial charge < -0.3 is 5.32 Å². The first-order chi connectivity index (χ1) is 5.84. The summed E-state index contributed by atoms with van der Waals surface area (Å²) >= 11 is 0. The monoisotopic (exact) mass is 162 g/mol. The Kier molecular flexibility index (Phi) is 5.03. The molecule has 0 fully saturated rings.